The summed E-state index contributed by atoms with van der Waals surface area (Å²) in [5.41, 5.74) is 0. The second-order valence-corrected chi connectivity index (χ2v) is 1.02. The SMILES string of the molecule is CC=[C-]I.[Y+3]. The van der Waals surface area contributed by atoms with Gasteiger partial charge in [0, 0.05) is 0 Å². The molecule has 0 radical (unpaired) electrons. The fourth-order valence-corrected chi connectivity index (χ4v) is 0. The van der Waals surface area contributed by atoms with E-state index in [1.165, 1.54) is 0 Å². The number of allylic oxidation sites excluding steroid dienone is 1. The fourth-order valence-electron chi connectivity index (χ4n) is 0. The van der Waals surface area contributed by atoms with Gasteiger partial charge in [0.1, 0.15) is 0 Å². The number of halogens is 1. The third kappa shape index (κ3) is 10.7. The van der Waals surface area contributed by atoms with E-state index in [0.29, 0.717) is 0 Å². The molecule has 0 spiro atoms. The smallest absolute Gasteiger partial charge is 0.430 e. The summed E-state index contributed by atoms with van der Waals surface area (Å²) in [5.74, 6) is 0. The van der Waals surface area contributed by atoms with E-state index in [-0.39, 0.29) is 32.7 Å². The molecule has 0 saturated heterocycles. The van der Waals surface area contributed by atoms with Gasteiger partial charge < -0.3 is 26.7 Å². The molecule has 5 heavy (non-hydrogen) atoms. The molecule has 2 heteroatoms. The van der Waals surface area contributed by atoms with Crippen LogP contribution in [0.25, 0.3) is 0 Å². The minimum Gasteiger partial charge on any atom is -0.430 e. The van der Waals surface area contributed by atoms with Gasteiger partial charge in [0.25, 0.3) is 0 Å². The Morgan fingerprint density at radius 1 is 1.80 bits per heavy atom. The first-order valence-electron chi connectivity index (χ1n) is 1.06. The standard InChI is InChI=1S/C3H4I.Y/c1-2-3-4;/h2H,1H3;/q-1;+3. The van der Waals surface area contributed by atoms with Crippen molar-refractivity contribution in [2.75, 3.05) is 0 Å². The Kier molecular flexibility index (Phi) is 17.8. The summed E-state index contributed by atoms with van der Waals surface area (Å²) in [5, 5.41) is 0. The monoisotopic (exact) mass is 256 g/mol. The van der Waals surface area contributed by atoms with Gasteiger partial charge in [-0.1, -0.05) is 6.92 Å². The summed E-state index contributed by atoms with van der Waals surface area (Å²) in [6.45, 7) is 1.94. The molecule has 0 aliphatic rings. The van der Waals surface area contributed by atoms with Crippen LogP contribution in [0, 0.1) is 4.08 Å². The van der Waals surface area contributed by atoms with E-state index in [2.05, 4.69) is 4.08 Å². The zero-order valence-corrected chi connectivity index (χ0v) is 8.03. The number of rotatable bonds is 0. The molecule has 0 atom stereocenters. The zero-order chi connectivity index (χ0) is 3.41. The molecule has 0 saturated carbocycles. The first-order chi connectivity index (χ1) is 1.91. The van der Waals surface area contributed by atoms with Crippen LogP contribution in [0.1, 0.15) is 6.92 Å². The Bertz CT molecular complexity index is 22.1. The van der Waals surface area contributed by atoms with Crippen LogP contribution in [0.4, 0.5) is 0 Å². The maximum absolute atomic E-state index is 2.78. The molecule has 0 fully saturated rings. The summed E-state index contributed by atoms with van der Waals surface area (Å²) in [6.07, 6.45) is 1.86. The van der Waals surface area contributed by atoms with Crippen LogP contribution in [0.2, 0.25) is 0 Å². The van der Waals surface area contributed by atoms with Gasteiger partial charge in [-0.05, 0) is 0 Å². The molecule has 0 unspecified atom stereocenters. The Hall–Kier alpha value is 1.57. The summed E-state index contributed by atoms with van der Waals surface area (Å²) in [4.78, 5) is 0. The van der Waals surface area contributed by atoms with Crippen LogP contribution < -0.4 is 0 Å². The first kappa shape index (κ1) is 9.76. The van der Waals surface area contributed by atoms with Crippen LogP contribution in [0.3, 0.4) is 0 Å². The van der Waals surface area contributed by atoms with Crippen LogP contribution in [0.15, 0.2) is 6.08 Å². The van der Waals surface area contributed by atoms with E-state index in [4.69, 9.17) is 0 Å². The van der Waals surface area contributed by atoms with Crippen molar-refractivity contribution in [2.24, 2.45) is 0 Å². The van der Waals surface area contributed by atoms with E-state index in [1.54, 1.807) is 0 Å². The van der Waals surface area contributed by atoms with Gasteiger partial charge in [-0.25, -0.2) is 0 Å². The molecule has 0 heterocycles. The van der Waals surface area contributed by atoms with Gasteiger partial charge >= 0.3 is 32.7 Å². The van der Waals surface area contributed by atoms with E-state index >= 15 is 0 Å². The molecule has 0 bridgehead atoms. The normalized spacial score (nSPS) is 7.60. The summed E-state index contributed by atoms with van der Waals surface area (Å²) in [7, 11) is 0. The Morgan fingerprint density at radius 3 is 2.00 bits per heavy atom. The average molecular weight is 256 g/mol. The van der Waals surface area contributed by atoms with Crippen LogP contribution >= 0.6 is 22.6 Å². The van der Waals surface area contributed by atoms with Crippen molar-refractivity contribution in [1.29, 1.82) is 0 Å². The predicted molar refractivity (Wildman–Crippen MR) is 27.5 cm³/mol. The van der Waals surface area contributed by atoms with Gasteiger partial charge in [-0.2, -0.15) is 0 Å². The molecular formula is C3H4IY+2. The quantitative estimate of drug-likeness (QED) is 0.457. The maximum Gasteiger partial charge on any atom is 3.00 e. The molecule has 0 N–H and O–H groups in total. The molecule has 0 nitrogen and oxygen atoms in total. The van der Waals surface area contributed by atoms with Gasteiger partial charge in [-0.3, -0.25) is 6.08 Å². The van der Waals surface area contributed by atoms with Gasteiger partial charge in [0.05, 0.1) is 0 Å². The Morgan fingerprint density at radius 2 is 2.00 bits per heavy atom. The summed E-state index contributed by atoms with van der Waals surface area (Å²) < 4.78 is 2.78. The molecule has 0 amide bonds. The van der Waals surface area contributed by atoms with Crippen molar-refractivity contribution in [3.05, 3.63) is 10.2 Å². The van der Waals surface area contributed by atoms with Crippen molar-refractivity contribution in [3.63, 3.8) is 0 Å². The van der Waals surface area contributed by atoms with Crippen LogP contribution in [-0.4, -0.2) is 0 Å². The molecule has 0 rings (SSSR count). The molecule has 0 aliphatic heterocycles. The van der Waals surface area contributed by atoms with Crippen LogP contribution in [0.5, 0.6) is 0 Å². The van der Waals surface area contributed by atoms with Crippen molar-refractivity contribution >= 4 is 22.6 Å². The maximum atomic E-state index is 2.78. The van der Waals surface area contributed by atoms with Crippen molar-refractivity contribution in [2.45, 2.75) is 6.92 Å². The average Bonchev–Trinajstić information content (AvgIpc) is 1.37. The molecule has 24 valence electrons. The molecule has 0 aromatic carbocycles. The van der Waals surface area contributed by atoms with Crippen molar-refractivity contribution < 1.29 is 32.7 Å². The number of hydrogen-bond acceptors (Lipinski definition) is 0. The topological polar surface area (TPSA) is 0 Å². The first-order valence-corrected chi connectivity index (χ1v) is 2.13. The zero-order valence-electron chi connectivity index (χ0n) is 3.03. The van der Waals surface area contributed by atoms with E-state index in [9.17, 15) is 0 Å². The Labute approximate surface area is 71.4 Å². The Balaban J connectivity index is 0. The summed E-state index contributed by atoms with van der Waals surface area (Å²) >= 11 is 2.05. The van der Waals surface area contributed by atoms with Crippen LogP contribution in [-0.2, 0) is 32.7 Å². The fraction of sp³-hybridized carbons (Fsp3) is 0.333. The van der Waals surface area contributed by atoms with E-state index in [0.717, 1.165) is 0 Å². The van der Waals surface area contributed by atoms with E-state index in [1.807, 2.05) is 35.6 Å². The molecule has 0 aromatic heterocycles. The second-order valence-electron chi connectivity index (χ2n) is 0.398. The third-order valence-electron chi connectivity index (χ3n) is 0.109. The minimum atomic E-state index is 0. The van der Waals surface area contributed by atoms with Crippen molar-refractivity contribution in [1.82, 2.24) is 0 Å². The van der Waals surface area contributed by atoms with Gasteiger partial charge in [0.15, 0.2) is 0 Å². The third-order valence-corrected chi connectivity index (χ3v) is 0.732. The summed E-state index contributed by atoms with van der Waals surface area (Å²) in [6, 6.07) is 0. The second kappa shape index (κ2) is 9.13. The van der Waals surface area contributed by atoms with Gasteiger partial charge in [0.2, 0.25) is 0 Å². The largest absolute Gasteiger partial charge is 3.00 e. The van der Waals surface area contributed by atoms with Gasteiger partial charge in [-0.15, -0.1) is 0 Å². The molecule has 0 aromatic rings. The molecular weight excluding hydrogens is 252 g/mol. The number of hydrogen-bond donors (Lipinski definition) is 0. The minimum absolute atomic E-state index is 0. The predicted octanol–water partition coefficient (Wildman–Crippen LogP) is 1.76. The van der Waals surface area contributed by atoms with E-state index < -0.39 is 0 Å². The molecule has 0 aliphatic carbocycles. The van der Waals surface area contributed by atoms with Crippen molar-refractivity contribution in [3.8, 4) is 0 Å².